The second-order valence-corrected chi connectivity index (χ2v) is 5.63. The first-order valence-corrected chi connectivity index (χ1v) is 6.86. The first-order chi connectivity index (χ1) is 8.19. The minimum Gasteiger partial charge on any atom is -0.493 e. The Bertz CT molecular complexity index is 451. The molecule has 0 aromatic heterocycles. The number of hydrogen-bond acceptors (Lipinski definition) is 2. The quantitative estimate of drug-likeness (QED) is 0.761. The number of alkyl halides is 1. The highest BCUT2D eigenvalue weighted by atomic mass is 79.9. The van der Waals surface area contributed by atoms with Crippen LogP contribution in [0.4, 0.5) is 0 Å². The molecule has 0 atom stereocenters. The van der Waals surface area contributed by atoms with Gasteiger partial charge in [-0.25, -0.2) is 0 Å². The molecule has 0 unspecified atom stereocenters. The lowest BCUT2D eigenvalue weighted by molar-refractivity contribution is 0.236. The number of benzene rings is 1. The van der Waals surface area contributed by atoms with Crippen LogP contribution in [0, 0.1) is 16.7 Å². The fraction of sp³-hybridized carbons (Fsp3) is 0.462. The van der Waals surface area contributed by atoms with E-state index < -0.39 is 0 Å². The van der Waals surface area contributed by atoms with Gasteiger partial charge in [-0.05, 0) is 36.6 Å². The molecule has 90 valence electrons. The van der Waals surface area contributed by atoms with Gasteiger partial charge in [-0.3, -0.25) is 0 Å². The molecule has 0 radical (unpaired) electrons. The molecule has 0 N–H and O–H groups in total. The van der Waals surface area contributed by atoms with Crippen LogP contribution in [0.1, 0.15) is 24.8 Å². The zero-order valence-electron chi connectivity index (χ0n) is 9.38. The molecule has 1 saturated carbocycles. The number of ether oxygens (including phenoxy) is 1. The van der Waals surface area contributed by atoms with E-state index in [2.05, 4.69) is 22.0 Å². The Morgan fingerprint density at radius 1 is 1.47 bits per heavy atom. The van der Waals surface area contributed by atoms with Crippen LogP contribution in [-0.2, 0) is 5.88 Å². The monoisotopic (exact) mass is 313 g/mol. The van der Waals surface area contributed by atoms with Gasteiger partial charge in [0.2, 0.25) is 0 Å². The summed E-state index contributed by atoms with van der Waals surface area (Å²) in [5, 5.41) is 8.73. The first-order valence-electron chi connectivity index (χ1n) is 5.53. The molecule has 2 rings (SSSR count). The Morgan fingerprint density at radius 3 is 2.82 bits per heavy atom. The van der Waals surface area contributed by atoms with Gasteiger partial charge in [0.05, 0.1) is 12.7 Å². The third-order valence-corrected chi connectivity index (χ3v) is 4.18. The van der Waals surface area contributed by atoms with Gasteiger partial charge in [0.15, 0.2) is 0 Å². The van der Waals surface area contributed by atoms with Gasteiger partial charge >= 0.3 is 0 Å². The Kier molecular flexibility index (Phi) is 3.96. The SMILES string of the molecule is N#CCC1(COc2ccc(Br)c(CCl)c2)CC1. The molecule has 0 heterocycles. The lowest BCUT2D eigenvalue weighted by Gasteiger charge is -2.13. The van der Waals surface area contributed by atoms with Gasteiger partial charge < -0.3 is 4.74 Å². The Balaban J connectivity index is 1.98. The van der Waals surface area contributed by atoms with Crippen LogP contribution >= 0.6 is 27.5 Å². The normalized spacial score (nSPS) is 16.3. The van der Waals surface area contributed by atoms with Gasteiger partial charge in [0.1, 0.15) is 5.75 Å². The van der Waals surface area contributed by atoms with E-state index in [0.717, 1.165) is 28.6 Å². The van der Waals surface area contributed by atoms with Crippen molar-refractivity contribution in [3.05, 3.63) is 28.2 Å². The van der Waals surface area contributed by atoms with E-state index in [1.54, 1.807) is 0 Å². The van der Waals surface area contributed by atoms with Crippen LogP contribution in [0.2, 0.25) is 0 Å². The minimum atomic E-state index is 0.114. The van der Waals surface area contributed by atoms with E-state index >= 15 is 0 Å². The van der Waals surface area contributed by atoms with Gasteiger partial charge in [-0.1, -0.05) is 15.9 Å². The van der Waals surface area contributed by atoms with E-state index in [1.165, 1.54) is 0 Å². The Morgan fingerprint density at radius 2 is 2.24 bits per heavy atom. The van der Waals surface area contributed by atoms with Crippen molar-refractivity contribution in [1.82, 2.24) is 0 Å². The second kappa shape index (κ2) is 5.29. The predicted octanol–water partition coefficient (Wildman–Crippen LogP) is 4.26. The average molecular weight is 315 g/mol. The van der Waals surface area contributed by atoms with Gasteiger partial charge in [0.25, 0.3) is 0 Å². The van der Waals surface area contributed by atoms with E-state index in [1.807, 2.05) is 18.2 Å². The van der Waals surface area contributed by atoms with E-state index in [0.29, 0.717) is 18.9 Å². The topological polar surface area (TPSA) is 33.0 Å². The molecule has 2 nitrogen and oxygen atoms in total. The zero-order chi connectivity index (χ0) is 12.3. The first kappa shape index (κ1) is 12.7. The molecule has 1 aromatic rings. The zero-order valence-corrected chi connectivity index (χ0v) is 11.7. The maximum absolute atomic E-state index is 8.73. The van der Waals surface area contributed by atoms with Crippen molar-refractivity contribution in [2.24, 2.45) is 5.41 Å². The van der Waals surface area contributed by atoms with Crippen molar-refractivity contribution in [2.75, 3.05) is 6.61 Å². The summed E-state index contributed by atoms with van der Waals surface area (Å²) < 4.78 is 6.75. The second-order valence-electron chi connectivity index (χ2n) is 4.51. The summed E-state index contributed by atoms with van der Waals surface area (Å²) in [7, 11) is 0. The third-order valence-electron chi connectivity index (χ3n) is 3.12. The molecular formula is C13H13BrClNO. The molecule has 17 heavy (non-hydrogen) atoms. The molecule has 0 saturated heterocycles. The maximum Gasteiger partial charge on any atom is 0.119 e. The number of hydrogen-bond donors (Lipinski definition) is 0. The van der Waals surface area contributed by atoms with E-state index in [4.69, 9.17) is 21.6 Å². The summed E-state index contributed by atoms with van der Waals surface area (Å²) in [6.07, 6.45) is 2.78. The number of rotatable bonds is 5. The number of halogens is 2. The van der Waals surface area contributed by atoms with Crippen molar-refractivity contribution in [2.45, 2.75) is 25.1 Å². The summed E-state index contributed by atoms with van der Waals surface area (Å²) in [5.41, 5.74) is 1.14. The molecule has 1 aliphatic carbocycles. The molecule has 0 amide bonds. The van der Waals surface area contributed by atoms with Crippen molar-refractivity contribution in [3.8, 4) is 11.8 Å². The third kappa shape index (κ3) is 3.14. The fourth-order valence-corrected chi connectivity index (χ4v) is 2.47. The van der Waals surface area contributed by atoms with E-state index in [-0.39, 0.29) is 5.41 Å². The Labute approximate surface area is 115 Å². The summed E-state index contributed by atoms with van der Waals surface area (Å²) in [5.74, 6) is 1.29. The molecule has 4 heteroatoms. The Hall–Kier alpha value is -0.720. The maximum atomic E-state index is 8.73. The van der Waals surface area contributed by atoms with Crippen molar-refractivity contribution in [3.63, 3.8) is 0 Å². The van der Waals surface area contributed by atoms with Crippen LogP contribution < -0.4 is 4.74 Å². The smallest absolute Gasteiger partial charge is 0.119 e. The van der Waals surface area contributed by atoms with Crippen LogP contribution in [0.5, 0.6) is 5.75 Å². The number of nitrogens with zero attached hydrogens (tertiary/aromatic N) is 1. The average Bonchev–Trinajstić information content (AvgIpc) is 3.09. The standard InChI is InChI=1S/C13H13BrClNO/c14-12-2-1-11(7-10(12)8-15)17-9-13(3-4-13)5-6-16/h1-2,7H,3-5,8-9H2. The largest absolute Gasteiger partial charge is 0.493 e. The summed E-state index contributed by atoms with van der Waals surface area (Å²) in [4.78, 5) is 0. The molecular weight excluding hydrogens is 302 g/mol. The van der Waals surface area contributed by atoms with Gasteiger partial charge in [-0.15, -0.1) is 11.6 Å². The molecule has 1 fully saturated rings. The van der Waals surface area contributed by atoms with Crippen LogP contribution in [0.15, 0.2) is 22.7 Å². The van der Waals surface area contributed by atoms with Gasteiger partial charge in [-0.2, -0.15) is 5.26 Å². The molecule has 1 aliphatic rings. The predicted molar refractivity (Wildman–Crippen MR) is 71.1 cm³/mol. The highest BCUT2D eigenvalue weighted by Gasteiger charge is 2.43. The van der Waals surface area contributed by atoms with Crippen LogP contribution in [0.3, 0.4) is 0 Å². The van der Waals surface area contributed by atoms with Crippen molar-refractivity contribution < 1.29 is 4.74 Å². The summed E-state index contributed by atoms with van der Waals surface area (Å²) in [6.45, 7) is 0.629. The van der Waals surface area contributed by atoms with Gasteiger partial charge in [0, 0.05) is 22.2 Å². The molecule has 0 aliphatic heterocycles. The summed E-state index contributed by atoms with van der Waals surface area (Å²) >= 11 is 9.26. The molecule has 0 bridgehead atoms. The van der Waals surface area contributed by atoms with Crippen molar-refractivity contribution in [1.29, 1.82) is 5.26 Å². The van der Waals surface area contributed by atoms with Crippen LogP contribution in [-0.4, -0.2) is 6.61 Å². The highest BCUT2D eigenvalue weighted by molar-refractivity contribution is 9.10. The van der Waals surface area contributed by atoms with E-state index in [9.17, 15) is 0 Å². The fourth-order valence-electron chi connectivity index (χ4n) is 1.70. The van der Waals surface area contributed by atoms with Crippen molar-refractivity contribution >= 4 is 27.5 Å². The van der Waals surface area contributed by atoms with Crippen LogP contribution in [0.25, 0.3) is 0 Å². The highest BCUT2D eigenvalue weighted by Crippen LogP contribution is 2.48. The molecule has 1 aromatic carbocycles. The molecule has 0 spiro atoms. The lowest BCUT2D eigenvalue weighted by atomic mass is 10.1. The minimum absolute atomic E-state index is 0.114. The lowest BCUT2D eigenvalue weighted by Crippen LogP contribution is -2.12. The number of nitriles is 1. The summed E-state index contributed by atoms with van der Waals surface area (Å²) in [6, 6.07) is 8.03.